The maximum atomic E-state index is 13.8. The molecule has 1 aromatic rings. The Morgan fingerprint density at radius 2 is 1.64 bits per heavy atom. The highest BCUT2D eigenvalue weighted by molar-refractivity contribution is 5.29. The Bertz CT molecular complexity index is 342. The van der Waals surface area contributed by atoms with Gasteiger partial charge in [0.1, 0.15) is 5.75 Å². The fourth-order valence-electron chi connectivity index (χ4n) is 1.23. The predicted molar refractivity (Wildman–Crippen MR) is 53.5 cm³/mol. The van der Waals surface area contributed by atoms with Gasteiger partial charge in [-0.05, 0) is 24.3 Å². The average Bonchev–Trinajstić information content (AvgIpc) is 2.19. The van der Waals surface area contributed by atoms with E-state index in [1.54, 1.807) is 42.8 Å². The van der Waals surface area contributed by atoms with Gasteiger partial charge in [-0.1, -0.05) is 30.4 Å². The summed E-state index contributed by atoms with van der Waals surface area (Å²) in [6.07, 6.45) is 7.76. The first-order valence-electron chi connectivity index (χ1n) is 4.42. The minimum atomic E-state index is -1.81. The fraction of sp³-hybridized carbons (Fsp3) is 0.0833. The van der Waals surface area contributed by atoms with Crippen LogP contribution in [-0.4, -0.2) is 5.85 Å². The number of allylic oxidation sites excluding steroid dienone is 2. The maximum absolute atomic E-state index is 13.8. The normalized spacial score (nSPS) is 18.1. The average molecular weight is 189 g/mol. The van der Waals surface area contributed by atoms with Gasteiger partial charge in [-0.15, -0.1) is 0 Å². The first kappa shape index (κ1) is 9.00. The summed E-state index contributed by atoms with van der Waals surface area (Å²) in [5.74, 6) is -1.29. The Morgan fingerprint density at radius 3 is 2.29 bits per heavy atom. The predicted octanol–water partition coefficient (Wildman–Crippen LogP) is 3.06. The first-order chi connectivity index (χ1) is 6.79. The summed E-state index contributed by atoms with van der Waals surface area (Å²) in [6.45, 7) is 0. The number of para-hydroxylation sites is 1. The van der Waals surface area contributed by atoms with E-state index in [-0.39, 0.29) is 0 Å². The molecule has 0 bridgehead atoms. The molecule has 0 spiro atoms. The molecule has 0 heterocycles. The van der Waals surface area contributed by atoms with Gasteiger partial charge < -0.3 is 4.74 Å². The van der Waals surface area contributed by atoms with Crippen LogP contribution in [0.4, 0.5) is 4.39 Å². The third-order valence-electron chi connectivity index (χ3n) is 1.89. The van der Waals surface area contributed by atoms with Gasteiger partial charge in [0.25, 0.3) is 5.85 Å². The number of hydrogen-bond donors (Lipinski definition) is 0. The Labute approximate surface area is 82.5 Å². The van der Waals surface area contributed by atoms with E-state index in [9.17, 15) is 4.39 Å². The summed E-state index contributed by atoms with van der Waals surface area (Å²) in [6, 6.07) is 8.92. The van der Waals surface area contributed by atoms with Crippen LogP contribution >= 0.6 is 0 Å². The molecule has 0 N–H and O–H groups in total. The summed E-state index contributed by atoms with van der Waals surface area (Å²) in [7, 11) is 0. The van der Waals surface area contributed by atoms with Gasteiger partial charge in [0.15, 0.2) is 0 Å². The monoisotopic (exact) mass is 189 g/mol. The van der Waals surface area contributed by atoms with Crippen molar-refractivity contribution in [3.8, 4) is 5.75 Å². The van der Waals surface area contributed by atoms with Crippen LogP contribution in [0, 0.1) is 6.42 Å². The van der Waals surface area contributed by atoms with Crippen molar-refractivity contribution in [1.29, 1.82) is 0 Å². The number of halogens is 1. The summed E-state index contributed by atoms with van der Waals surface area (Å²) in [5.41, 5.74) is 0. The van der Waals surface area contributed by atoms with Crippen molar-refractivity contribution in [1.82, 2.24) is 0 Å². The van der Waals surface area contributed by atoms with Crippen LogP contribution in [-0.2, 0) is 0 Å². The smallest absolute Gasteiger partial charge is 0.287 e. The standard InChI is InChI=1S/C12H10FO/c13-12(9-5-2-6-10-12)14-11-7-3-1-4-8-11/h1-10H. The first-order valence-corrected chi connectivity index (χ1v) is 4.42. The molecular formula is C12H10FO. The summed E-state index contributed by atoms with van der Waals surface area (Å²) in [5, 5.41) is 0. The van der Waals surface area contributed by atoms with Crippen molar-refractivity contribution < 1.29 is 9.13 Å². The minimum Gasteiger partial charge on any atom is -0.451 e. The Balaban J connectivity index is 2.14. The van der Waals surface area contributed by atoms with Gasteiger partial charge in [0.05, 0.1) is 0 Å². The van der Waals surface area contributed by atoms with Crippen LogP contribution in [0.25, 0.3) is 0 Å². The zero-order chi connectivity index (χ0) is 9.86. The molecule has 0 saturated heterocycles. The van der Waals surface area contributed by atoms with E-state index in [2.05, 4.69) is 0 Å². The fourth-order valence-corrected chi connectivity index (χ4v) is 1.23. The highest BCUT2D eigenvalue weighted by Gasteiger charge is 2.25. The van der Waals surface area contributed by atoms with E-state index in [0.717, 1.165) is 0 Å². The van der Waals surface area contributed by atoms with Crippen molar-refractivity contribution in [2.75, 3.05) is 0 Å². The molecule has 0 unspecified atom stereocenters. The number of hydrogen-bond acceptors (Lipinski definition) is 1. The van der Waals surface area contributed by atoms with E-state index in [4.69, 9.17) is 4.74 Å². The van der Waals surface area contributed by atoms with Gasteiger partial charge in [-0.25, -0.2) is 0 Å². The molecule has 0 aromatic heterocycles. The van der Waals surface area contributed by atoms with Gasteiger partial charge in [0, 0.05) is 6.42 Å². The summed E-state index contributed by atoms with van der Waals surface area (Å²) < 4.78 is 19.0. The van der Waals surface area contributed by atoms with Crippen molar-refractivity contribution >= 4 is 0 Å². The third kappa shape index (κ3) is 2.02. The van der Waals surface area contributed by atoms with Gasteiger partial charge in [-0.2, -0.15) is 4.39 Å². The molecule has 14 heavy (non-hydrogen) atoms. The minimum absolute atomic E-state index is 0.520. The van der Waals surface area contributed by atoms with Crippen molar-refractivity contribution in [3.05, 3.63) is 61.1 Å². The second-order valence-corrected chi connectivity index (χ2v) is 3.02. The lowest BCUT2D eigenvalue weighted by molar-refractivity contribution is 0.0320. The lowest BCUT2D eigenvalue weighted by Gasteiger charge is -2.21. The highest BCUT2D eigenvalue weighted by Crippen LogP contribution is 2.24. The molecule has 0 amide bonds. The van der Waals surface area contributed by atoms with Crippen molar-refractivity contribution in [2.45, 2.75) is 5.85 Å². The molecule has 71 valence electrons. The molecule has 0 fully saturated rings. The lowest BCUT2D eigenvalue weighted by atomic mass is 10.1. The molecule has 0 atom stereocenters. The quantitative estimate of drug-likeness (QED) is 0.694. The second kappa shape index (κ2) is 3.66. The lowest BCUT2D eigenvalue weighted by Crippen LogP contribution is -2.26. The molecule has 1 nitrogen and oxygen atoms in total. The topological polar surface area (TPSA) is 9.23 Å². The van der Waals surface area contributed by atoms with E-state index in [1.807, 2.05) is 6.07 Å². The van der Waals surface area contributed by atoms with Crippen LogP contribution in [0.5, 0.6) is 5.75 Å². The van der Waals surface area contributed by atoms with E-state index < -0.39 is 5.85 Å². The summed E-state index contributed by atoms with van der Waals surface area (Å²) >= 11 is 0. The molecule has 1 radical (unpaired) electrons. The molecule has 2 rings (SSSR count). The number of rotatable bonds is 2. The third-order valence-corrected chi connectivity index (χ3v) is 1.89. The van der Waals surface area contributed by atoms with Gasteiger partial charge in [0.2, 0.25) is 0 Å². The summed E-state index contributed by atoms with van der Waals surface area (Å²) in [4.78, 5) is 0. The molecule has 2 heteroatoms. The second-order valence-electron chi connectivity index (χ2n) is 3.02. The Hall–Kier alpha value is -1.57. The molecular weight excluding hydrogens is 179 g/mol. The zero-order valence-electron chi connectivity index (χ0n) is 7.56. The van der Waals surface area contributed by atoms with Crippen LogP contribution < -0.4 is 4.74 Å². The van der Waals surface area contributed by atoms with Crippen LogP contribution in [0.2, 0.25) is 0 Å². The van der Waals surface area contributed by atoms with Crippen LogP contribution in [0.15, 0.2) is 54.6 Å². The zero-order valence-corrected chi connectivity index (χ0v) is 7.56. The molecule has 1 aromatic carbocycles. The van der Waals surface area contributed by atoms with Crippen molar-refractivity contribution in [3.63, 3.8) is 0 Å². The largest absolute Gasteiger partial charge is 0.451 e. The number of alkyl halides is 1. The SMILES string of the molecule is FC1(Oc2ccccc2)C=C[CH]C=C1. The molecule has 1 aliphatic rings. The highest BCUT2D eigenvalue weighted by atomic mass is 19.2. The molecule has 0 saturated carbocycles. The van der Waals surface area contributed by atoms with E-state index in [0.29, 0.717) is 5.75 Å². The van der Waals surface area contributed by atoms with Crippen LogP contribution in [0.3, 0.4) is 0 Å². The number of ether oxygens (including phenoxy) is 1. The van der Waals surface area contributed by atoms with E-state index >= 15 is 0 Å². The maximum Gasteiger partial charge on any atom is 0.287 e. The molecule has 0 aliphatic heterocycles. The van der Waals surface area contributed by atoms with Crippen molar-refractivity contribution in [2.24, 2.45) is 0 Å². The van der Waals surface area contributed by atoms with Gasteiger partial charge >= 0.3 is 0 Å². The Morgan fingerprint density at radius 1 is 1.00 bits per heavy atom. The van der Waals surface area contributed by atoms with E-state index in [1.165, 1.54) is 12.2 Å². The molecule has 1 aliphatic carbocycles. The van der Waals surface area contributed by atoms with Gasteiger partial charge in [-0.3, -0.25) is 0 Å². The Kier molecular flexibility index (Phi) is 2.35. The van der Waals surface area contributed by atoms with Crippen LogP contribution in [0.1, 0.15) is 0 Å². The number of benzene rings is 1.